The van der Waals surface area contributed by atoms with Crippen molar-refractivity contribution in [3.05, 3.63) is 23.8 Å². The number of hydrogen-bond donors (Lipinski definition) is 3. The first-order chi connectivity index (χ1) is 9.20. The molecule has 1 fully saturated rings. The van der Waals surface area contributed by atoms with Crippen molar-refractivity contribution in [3.8, 4) is 5.75 Å². The molecule has 0 aromatic heterocycles. The third-order valence-corrected chi connectivity index (χ3v) is 3.52. The van der Waals surface area contributed by atoms with E-state index in [0.717, 1.165) is 31.1 Å². The van der Waals surface area contributed by atoms with Crippen LogP contribution in [0.5, 0.6) is 5.75 Å². The molecule has 1 aliphatic rings. The number of amides is 1. The molecule has 1 heterocycles. The van der Waals surface area contributed by atoms with Crippen molar-refractivity contribution in [3.63, 3.8) is 0 Å². The third-order valence-electron chi connectivity index (χ3n) is 3.52. The number of nitrogens with one attached hydrogen (secondary N) is 2. The molecule has 5 nitrogen and oxygen atoms in total. The zero-order valence-electron chi connectivity index (χ0n) is 11.2. The lowest BCUT2D eigenvalue weighted by Gasteiger charge is -2.23. The summed E-state index contributed by atoms with van der Waals surface area (Å²) in [5, 5.41) is 6.71. The Bertz CT molecular complexity index is 442. The van der Waals surface area contributed by atoms with Gasteiger partial charge in [0.15, 0.2) is 0 Å². The van der Waals surface area contributed by atoms with Gasteiger partial charge < -0.3 is 21.1 Å². The van der Waals surface area contributed by atoms with Gasteiger partial charge in [0.2, 0.25) is 5.91 Å². The minimum Gasteiger partial charge on any atom is -0.495 e. The molecule has 0 unspecified atom stereocenters. The number of primary amides is 1. The van der Waals surface area contributed by atoms with Gasteiger partial charge >= 0.3 is 0 Å². The topological polar surface area (TPSA) is 76.4 Å². The summed E-state index contributed by atoms with van der Waals surface area (Å²) in [6.45, 7) is 3.04. The van der Waals surface area contributed by atoms with Crippen LogP contribution in [-0.4, -0.2) is 32.7 Å². The van der Waals surface area contributed by atoms with Crippen LogP contribution in [0.25, 0.3) is 0 Å². The Balaban J connectivity index is 2.04. The van der Waals surface area contributed by atoms with E-state index in [0.29, 0.717) is 11.5 Å². The second-order valence-electron chi connectivity index (χ2n) is 4.85. The summed E-state index contributed by atoms with van der Waals surface area (Å²) in [6, 6.07) is 5.20. The Kier molecular flexibility index (Phi) is 4.63. The number of carbonyl (C=O) groups excluding carboxylic acids is 1. The van der Waals surface area contributed by atoms with E-state index in [2.05, 4.69) is 10.6 Å². The third kappa shape index (κ3) is 3.61. The molecule has 104 valence electrons. The molecular formula is C14H21N3O2. The van der Waals surface area contributed by atoms with Gasteiger partial charge in [-0.2, -0.15) is 0 Å². The summed E-state index contributed by atoms with van der Waals surface area (Å²) >= 11 is 0. The van der Waals surface area contributed by atoms with Crippen LogP contribution in [0, 0.1) is 5.92 Å². The average molecular weight is 263 g/mol. The second-order valence-corrected chi connectivity index (χ2v) is 4.85. The molecule has 0 radical (unpaired) electrons. The van der Waals surface area contributed by atoms with Gasteiger partial charge in [0.1, 0.15) is 5.75 Å². The van der Waals surface area contributed by atoms with E-state index in [1.54, 1.807) is 25.3 Å². The van der Waals surface area contributed by atoms with Crippen molar-refractivity contribution in [2.45, 2.75) is 12.8 Å². The number of carbonyl (C=O) groups is 1. The van der Waals surface area contributed by atoms with Crippen LogP contribution in [0.3, 0.4) is 0 Å². The van der Waals surface area contributed by atoms with Gasteiger partial charge in [-0.25, -0.2) is 0 Å². The van der Waals surface area contributed by atoms with E-state index in [9.17, 15) is 4.79 Å². The van der Waals surface area contributed by atoms with E-state index < -0.39 is 5.91 Å². The van der Waals surface area contributed by atoms with E-state index in [1.165, 1.54) is 12.8 Å². The van der Waals surface area contributed by atoms with Crippen molar-refractivity contribution in [1.29, 1.82) is 0 Å². The lowest BCUT2D eigenvalue weighted by atomic mass is 9.98. The van der Waals surface area contributed by atoms with Crippen LogP contribution in [0.1, 0.15) is 23.2 Å². The molecular weight excluding hydrogens is 242 g/mol. The molecule has 0 atom stereocenters. The molecule has 1 saturated heterocycles. The fraction of sp³-hybridized carbons (Fsp3) is 0.500. The highest BCUT2D eigenvalue weighted by atomic mass is 16.5. The monoisotopic (exact) mass is 263 g/mol. The molecule has 0 spiro atoms. The van der Waals surface area contributed by atoms with Gasteiger partial charge in [-0.05, 0) is 50.0 Å². The molecule has 19 heavy (non-hydrogen) atoms. The van der Waals surface area contributed by atoms with Gasteiger partial charge in [0.25, 0.3) is 0 Å². The Hall–Kier alpha value is -1.75. The molecule has 1 aliphatic heterocycles. The molecule has 5 heteroatoms. The highest BCUT2D eigenvalue weighted by molar-refractivity contribution is 5.94. The maximum absolute atomic E-state index is 11.2. The average Bonchev–Trinajstić information content (AvgIpc) is 2.45. The van der Waals surface area contributed by atoms with Crippen LogP contribution in [0.15, 0.2) is 18.2 Å². The minimum absolute atomic E-state index is 0.424. The Morgan fingerprint density at radius 3 is 2.84 bits per heavy atom. The van der Waals surface area contributed by atoms with E-state index in [-0.39, 0.29) is 0 Å². The number of piperidine rings is 1. The zero-order valence-corrected chi connectivity index (χ0v) is 11.2. The molecule has 0 bridgehead atoms. The second kappa shape index (κ2) is 6.43. The highest BCUT2D eigenvalue weighted by Crippen LogP contribution is 2.26. The first-order valence-electron chi connectivity index (χ1n) is 6.63. The standard InChI is InChI=1S/C14H21N3O2/c1-19-13-3-2-11(14(15)18)8-12(13)17-9-10-4-6-16-7-5-10/h2-3,8,10,16-17H,4-7,9H2,1H3,(H2,15,18). The number of methoxy groups -OCH3 is 1. The van der Waals surface area contributed by atoms with E-state index >= 15 is 0 Å². The van der Waals surface area contributed by atoms with E-state index in [1.807, 2.05) is 0 Å². The maximum atomic E-state index is 11.2. The van der Waals surface area contributed by atoms with Gasteiger partial charge in [-0.15, -0.1) is 0 Å². The number of nitrogens with two attached hydrogens (primary N) is 1. The predicted octanol–water partition coefficient (Wildman–Crippen LogP) is 1.21. The predicted molar refractivity (Wildman–Crippen MR) is 75.6 cm³/mol. The smallest absolute Gasteiger partial charge is 0.248 e. The summed E-state index contributed by atoms with van der Waals surface area (Å²) in [4.78, 5) is 11.2. The van der Waals surface area contributed by atoms with Crippen LogP contribution in [0.4, 0.5) is 5.69 Å². The Morgan fingerprint density at radius 1 is 1.47 bits per heavy atom. The lowest BCUT2D eigenvalue weighted by molar-refractivity contribution is 0.100. The van der Waals surface area contributed by atoms with Gasteiger partial charge in [0.05, 0.1) is 12.8 Å². The molecule has 1 amide bonds. The molecule has 2 rings (SSSR count). The van der Waals surface area contributed by atoms with Gasteiger partial charge in [0, 0.05) is 12.1 Å². The Morgan fingerprint density at radius 2 is 2.21 bits per heavy atom. The van der Waals surface area contributed by atoms with Crippen molar-refractivity contribution in [2.24, 2.45) is 11.7 Å². The molecule has 1 aromatic rings. The number of ether oxygens (including phenoxy) is 1. The molecule has 1 aromatic carbocycles. The normalized spacial score (nSPS) is 16.1. The number of hydrogen-bond acceptors (Lipinski definition) is 4. The first-order valence-corrected chi connectivity index (χ1v) is 6.63. The lowest BCUT2D eigenvalue weighted by Crippen LogP contribution is -2.31. The largest absolute Gasteiger partial charge is 0.495 e. The first kappa shape index (κ1) is 13.7. The SMILES string of the molecule is COc1ccc(C(N)=O)cc1NCC1CCNCC1. The molecule has 0 aliphatic carbocycles. The van der Waals surface area contributed by atoms with Gasteiger partial charge in [-0.3, -0.25) is 4.79 Å². The summed E-state index contributed by atoms with van der Waals surface area (Å²) < 4.78 is 5.29. The summed E-state index contributed by atoms with van der Waals surface area (Å²) in [5.41, 5.74) is 6.62. The quantitative estimate of drug-likeness (QED) is 0.746. The van der Waals surface area contributed by atoms with Crippen LogP contribution >= 0.6 is 0 Å². The Labute approximate surface area is 113 Å². The van der Waals surface area contributed by atoms with Crippen LogP contribution in [-0.2, 0) is 0 Å². The molecule has 0 saturated carbocycles. The van der Waals surface area contributed by atoms with Crippen LogP contribution in [0.2, 0.25) is 0 Å². The zero-order chi connectivity index (χ0) is 13.7. The van der Waals surface area contributed by atoms with Crippen molar-refractivity contribution in [2.75, 3.05) is 32.1 Å². The number of anilines is 1. The number of rotatable bonds is 5. The van der Waals surface area contributed by atoms with Crippen LogP contribution < -0.4 is 21.1 Å². The summed E-state index contributed by atoms with van der Waals surface area (Å²) in [5.74, 6) is 0.967. The fourth-order valence-corrected chi connectivity index (χ4v) is 2.34. The highest BCUT2D eigenvalue weighted by Gasteiger charge is 2.14. The number of benzene rings is 1. The molecule has 4 N–H and O–H groups in total. The maximum Gasteiger partial charge on any atom is 0.248 e. The van der Waals surface area contributed by atoms with Crippen molar-refractivity contribution >= 4 is 11.6 Å². The fourth-order valence-electron chi connectivity index (χ4n) is 2.34. The summed E-state index contributed by atoms with van der Waals surface area (Å²) in [7, 11) is 1.62. The van der Waals surface area contributed by atoms with E-state index in [4.69, 9.17) is 10.5 Å². The van der Waals surface area contributed by atoms with Gasteiger partial charge in [-0.1, -0.05) is 0 Å². The minimum atomic E-state index is -0.424. The van der Waals surface area contributed by atoms with Crippen molar-refractivity contribution in [1.82, 2.24) is 5.32 Å². The summed E-state index contributed by atoms with van der Waals surface area (Å²) in [6.07, 6.45) is 2.34. The van der Waals surface area contributed by atoms with Crippen molar-refractivity contribution < 1.29 is 9.53 Å².